The Bertz CT molecular complexity index is 112. The van der Waals surface area contributed by atoms with Gasteiger partial charge in [-0.25, -0.2) is 0 Å². The van der Waals surface area contributed by atoms with Crippen molar-refractivity contribution in [3.8, 4) is 0 Å². The SMILES string of the molecule is CCC(N)C(=O)NC(C)C. The molecule has 3 heteroatoms. The largest absolute Gasteiger partial charge is 0.353 e. The van der Waals surface area contributed by atoms with E-state index in [1.54, 1.807) is 0 Å². The summed E-state index contributed by atoms with van der Waals surface area (Å²) in [5.41, 5.74) is 5.45. The number of hydrogen-bond donors (Lipinski definition) is 2. The molecule has 0 aliphatic rings. The minimum absolute atomic E-state index is 0.0579. The van der Waals surface area contributed by atoms with Crippen molar-refractivity contribution < 1.29 is 4.79 Å². The number of rotatable bonds is 3. The molecule has 0 heterocycles. The highest BCUT2D eigenvalue weighted by Crippen LogP contribution is 1.86. The summed E-state index contributed by atoms with van der Waals surface area (Å²) in [5.74, 6) is -0.0579. The van der Waals surface area contributed by atoms with Gasteiger partial charge in [0, 0.05) is 6.04 Å². The van der Waals surface area contributed by atoms with Crippen molar-refractivity contribution in [3.63, 3.8) is 0 Å². The Labute approximate surface area is 62.0 Å². The van der Waals surface area contributed by atoms with E-state index in [0.29, 0.717) is 6.42 Å². The highest BCUT2D eigenvalue weighted by atomic mass is 16.2. The molecule has 3 nitrogen and oxygen atoms in total. The molecule has 0 aromatic carbocycles. The van der Waals surface area contributed by atoms with Crippen LogP contribution in [0.4, 0.5) is 0 Å². The Balaban J connectivity index is 3.62. The molecule has 0 saturated heterocycles. The van der Waals surface area contributed by atoms with Gasteiger partial charge in [0.15, 0.2) is 0 Å². The maximum absolute atomic E-state index is 10.9. The first-order valence-electron chi connectivity index (χ1n) is 3.63. The minimum Gasteiger partial charge on any atom is -0.353 e. The van der Waals surface area contributed by atoms with Gasteiger partial charge in [0.05, 0.1) is 6.04 Å². The first-order chi connectivity index (χ1) is 4.57. The molecule has 0 aromatic heterocycles. The fourth-order valence-electron chi connectivity index (χ4n) is 0.577. The second-order valence-electron chi connectivity index (χ2n) is 2.68. The number of nitrogens with two attached hydrogens (primary N) is 1. The second kappa shape index (κ2) is 4.28. The Morgan fingerprint density at radius 2 is 2.10 bits per heavy atom. The molecule has 1 atom stereocenters. The molecule has 0 aromatic rings. The standard InChI is InChI=1S/C7H16N2O/c1-4-6(8)7(10)9-5(2)3/h5-6H,4,8H2,1-3H3,(H,9,10). The summed E-state index contributed by atoms with van der Waals surface area (Å²) in [6.07, 6.45) is 0.693. The molecule has 0 aliphatic carbocycles. The Morgan fingerprint density at radius 1 is 1.60 bits per heavy atom. The predicted octanol–water partition coefficient (Wildman–Crippen LogP) is 0.248. The first-order valence-corrected chi connectivity index (χ1v) is 3.63. The molecule has 0 aliphatic heterocycles. The van der Waals surface area contributed by atoms with Gasteiger partial charge in [0.2, 0.25) is 5.91 Å². The lowest BCUT2D eigenvalue weighted by Crippen LogP contribution is -2.43. The van der Waals surface area contributed by atoms with Crippen LogP contribution < -0.4 is 11.1 Å². The van der Waals surface area contributed by atoms with Crippen LogP contribution in [-0.4, -0.2) is 18.0 Å². The van der Waals surface area contributed by atoms with Gasteiger partial charge in [-0.15, -0.1) is 0 Å². The zero-order valence-electron chi connectivity index (χ0n) is 6.85. The molecule has 1 amide bonds. The summed E-state index contributed by atoms with van der Waals surface area (Å²) in [7, 11) is 0. The van der Waals surface area contributed by atoms with Gasteiger partial charge in [-0.2, -0.15) is 0 Å². The molecule has 0 radical (unpaired) electrons. The van der Waals surface area contributed by atoms with Crippen molar-refractivity contribution in [3.05, 3.63) is 0 Å². The summed E-state index contributed by atoms with van der Waals surface area (Å²) in [5, 5.41) is 2.73. The number of nitrogens with one attached hydrogen (secondary N) is 1. The van der Waals surface area contributed by atoms with Gasteiger partial charge in [-0.05, 0) is 20.3 Å². The minimum atomic E-state index is -0.345. The number of amides is 1. The third kappa shape index (κ3) is 3.45. The van der Waals surface area contributed by atoms with E-state index in [1.807, 2.05) is 20.8 Å². The fourth-order valence-corrected chi connectivity index (χ4v) is 0.577. The van der Waals surface area contributed by atoms with E-state index in [0.717, 1.165) is 0 Å². The van der Waals surface area contributed by atoms with Crippen LogP contribution in [0, 0.1) is 0 Å². The van der Waals surface area contributed by atoms with Crippen molar-refractivity contribution in [2.45, 2.75) is 39.3 Å². The third-order valence-electron chi connectivity index (χ3n) is 1.21. The van der Waals surface area contributed by atoms with Crippen LogP contribution in [0.15, 0.2) is 0 Å². The molecule has 3 N–H and O–H groups in total. The molecule has 0 saturated carbocycles. The van der Waals surface area contributed by atoms with E-state index in [2.05, 4.69) is 5.32 Å². The van der Waals surface area contributed by atoms with Crippen LogP contribution in [0.3, 0.4) is 0 Å². The van der Waals surface area contributed by atoms with Crippen molar-refractivity contribution in [2.24, 2.45) is 5.73 Å². The van der Waals surface area contributed by atoms with E-state index in [-0.39, 0.29) is 18.0 Å². The number of carbonyl (C=O) groups excluding carboxylic acids is 1. The lowest BCUT2D eigenvalue weighted by atomic mass is 10.2. The average molecular weight is 144 g/mol. The Kier molecular flexibility index (Phi) is 4.03. The van der Waals surface area contributed by atoms with Crippen LogP contribution in [0.1, 0.15) is 27.2 Å². The van der Waals surface area contributed by atoms with Crippen molar-refractivity contribution in [1.29, 1.82) is 0 Å². The maximum Gasteiger partial charge on any atom is 0.237 e. The van der Waals surface area contributed by atoms with E-state index in [1.165, 1.54) is 0 Å². The van der Waals surface area contributed by atoms with Crippen LogP contribution >= 0.6 is 0 Å². The first kappa shape index (κ1) is 9.43. The highest BCUT2D eigenvalue weighted by Gasteiger charge is 2.10. The normalized spacial score (nSPS) is 13.3. The van der Waals surface area contributed by atoms with Crippen LogP contribution in [0.25, 0.3) is 0 Å². The monoisotopic (exact) mass is 144 g/mol. The molecule has 0 rings (SSSR count). The molecule has 1 unspecified atom stereocenters. The predicted molar refractivity (Wildman–Crippen MR) is 41.5 cm³/mol. The Hall–Kier alpha value is -0.570. The van der Waals surface area contributed by atoms with E-state index < -0.39 is 0 Å². The zero-order chi connectivity index (χ0) is 8.15. The molecule has 0 fully saturated rings. The summed E-state index contributed by atoms with van der Waals surface area (Å²) >= 11 is 0. The van der Waals surface area contributed by atoms with Crippen molar-refractivity contribution in [2.75, 3.05) is 0 Å². The lowest BCUT2D eigenvalue weighted by Gasteiger charge is -2.11. The fraction of sp³-hybridized carbons (Fsp3) is 0.857. The average Bonchev–Trinajstić information content (AvgIpc) is 1.85. The summed E-state index contributed by atoms with van der Waals surface area (Å²) < 4.78 is 0. The van der Waals surface area contributed by atoms with Crippen LogP contribution in [0.2, 0.25) is 0 Å². The quantitative estimate of drug-likeness (QED) is 0.596. The summed E-state index contributed by atoms with van der Waals surface area (Å²) in [6.45, 7) is 5.73. The molecular weight excluding hydrogens is 128 g/mol. The second-order valence-corrected chi connectivity index (χ2v) is 2.68. The van der Waals surface area contributed by atoms with Gasteiger partial charge in [0.25, 0.3) is 0 Å². The maximum atomic E-state index is 10.9. The van der Waals surface area contributed by atoms with Crippen molar-refractivity contribution in [1.82, 2.24) is 5.32 Å². The summed E-state index contributed by atoms with van der Waals surface area (Å²) in [4.78, 5) is 10.9. The van der Waals surface area contributed by atoms with Gasteiger partial charge < -0.3 is 11.1 Å². The van der Waals surface area contributed by atoms with Gasteiger partial charge in [-0.1, -0.05) is 6.92 Å². The smallest absolute Gasteiger partial charge is 0.237 e. The molecule has 0 bridgehead atoms. The molecular formula is C7H16N2O. The third-order valence-corrected chi connectivity index (χ3v) is 1.21. The van der Waals surface area contributed by atoms with Crippen LogP contribution in [-0.2, 0) is 4.79 Å². The van der Waals surface area contributed by atoms with E-state index >= 15 is 0 Å². The van der Waals surface area contributed by atoms with Crippen molar-refractivity contribution >= 4 is 5.91 Å². The summed E-state index contributed by atoms with van der Waals surface area (Å²) in [6, 6.07) is -0.160. The topological polar surface area (TPSA) is 55.1 Å². The van der Waals surface area contributed by atoms with Gasteiger partial charge >= 0.3 is 0 Å². The van der Waals surface area contributed by atoms with Crippen LogP contribution in [0.5, 0.6) is 0 Å². The molecule has 10 heavy (non-hydrogen) atoms. The van der Waals surface area contributed by atoms with Gasteiger partial charge in [-0.3, -0.25) is 4.79 Å². The van der Waals surface area contributed by atoms with Gasteiger partial charge in [0.1, 0.15) is 0 Å². The molecule has 60 valence electrons. The number of hydrogen-bond acceptors (Lipinski definition) is 2. The van der Waals surface area contributed by atoms with E-state index in [4.69, 9.17) is 5.73 Å². The molecule has 0 spiro atoms. The highest BCUT2D eigenvalue weighted by molar-refractivity contribution is 5.81. The van der Waals surface area contributed by atoms with E-state index in [9.17, 15) is 4.79 Å². The zero-order valence-corrected chi connectivity index (χ0v) is 6.85. The Morgan fingerprint density at radius 3 is 2.40 bits per heavy atom. The lowest BCUT2D eigenvalue weighted by molar-refractivity contribution is -0.122. The number of carbonyl (C=O) groups is 1.